The summed E-state index contributed by atoms with van der Waals surface area (Å²) in [5, 5.41) is 10.5. The quantitative estimate of drug-likeness (QED) is 0.893. The molecular weight excluding hydrogens is 236 g/mol. The fourth-order valence-electron chi connectivity index (χ4n) is 2.87. The van der Waals surface area contributed by atoms with Crippen molar-refractivity contribution >= 4 is 0 Å². The topological polar surface area (TPSA) is 26.7 Å². The van der Waals surface area contributed by atoms with Crippen molar-refractivity contribution in [1.82, 2.24) is 9.80 Å². The Balaban J connectivity index is 1.88. The van der Waals surface area contributed by atoms with E-state index in [-0.39, 0.29) is 12.1 Å². The fraction of sp³-hybridized carbons (Fsp3) is 0.625. The monoisotopic (exact) mass is 262 g/mol. The van der Waals surface area contributed by atoms with Crippen LogP contribution in [0.1, 0.15) is 18.4 Å². The second kappa shape index (κ2) is 7.04. The van der Waals surface area contributed by atoms with Gasteiger partial charge in [0.05, 0.1) is 6.10 Å². The predicted molar refractivity (Wildman–Crippen MR) is 79.3 cm³/mol. The van der Waals surface area contributed by atoms with Crippen molar-refractivity contribution in [3.8, 4) is 0 Å². The molecule has 19 heavy (non-hydrogen) atoms. The van der Waals surface area contributed by atoms with Crippen molar-refractivity contribution in [2.24, 2.45) is 0 Å². The van der Waals surface area contributed by atoms with E-state index in [1.807, 2.05) is 6.07 Å². The molecule has 2 atom stereocenters. The normalized spacial score (nSPS) is 24.1. The van der Waals surface area contributed by atoms with Crippen LogP contribution in [-0.2, 0) is 6.42 Å². The molecule has 2 unspecified atom stereocenters. The Hall–Kier alpha value is -0.900. The van der Waals surface area contributed by atoms with Crippen LogP contribution < -0.4 is 0 Å². The lowest BCUT2D eigenvalue weighted by atomic mass is 10.0. The third-order valence-corrected chi connectivity index (χ3v) is 4.13. The lowest BCUT2D eigenvalue weighted by Gasteiger charge is -2.31. The van der Waals surface area contributed by atoms with E-state index in [4.69, 9.17) is 0 Å². The second-order valence-corrected chi connectivity index (χ2v) is 5.76. The Bertz CT molecular complexity index is 368. The van der Waals surface area contributed by atoms with Gasteiger partial charge in [-0.15, -0.1) is 0 Å². The smallest absolute Gasteiger partial charge is 0.0710 e. The number of hydrogen-bond acceptors (Lipinski definition) is 3. The summed E-state index contributed by atoms with van der Waals surface area (Å²) in [6.07, 6.45) is 2.74. The van der Waals surface area contributed by atoms with Gasteiger partial charge in [0, 0.05) is 12.6 Å². The Kier molecular flexibility index (Phi) is 5.37. The van der Waals surface area contributed by atoms with Crippen LogP contribution in [-0.4, -0.2) is 60.8 Å². The molecule has 0 saturated carbocycles. The molecule has 0 aliphatic carbocycles. The summed E-state index contributed by atoms with van der Waals surface area (Å²) in [4.78, 5) is 4.65. The molecule has 0 radical (unpaired) electrons. The van der Waals surface area contributed by atoms with Crippen LogP contribution in [0.25, 0.3) is 0 Å². The van der Waals surface area contributed by atoms with Gasteiger partial charge in [-0.3, -0.25) is 4.90 Å². The van der Waals surface area contributed by atoms with Crippen molar-refractivity contribution < 1.29 is 5.11 Å². The van der Waals surface area contributed by atoms with Crippen molar-refractivity contribution in [3.63, 3.8) is 0 Å². The summed E-state index contributed by atoms with van der Waals surface area (Å²) < 4.78 is 0. The third-order valence-electron chi connectivity index (χ3n) is 4.13. The molecule has 1 aromatic carbocycles. The molecule has 106 valence electrons. The van der Waals surface area contributed by atoms with Crippen LogP contribution in [0.2, 0.25) is 0 Å². The average Bonchev–Trinajstić information content (AvgIpc) is 2.59. The number of aryl methyl sites for hydroxylation is 1. The molecule has 1 N–H and O–H groups in total. The molecule has 1 saturated heterocycles. The Morgan fingerprint density at radius 3 is 2.68 bits per heavy atom. The van der Waals surface area contributed by atoms with Crippen LogP contribution in [0.5, 0.6) is 0 Å². The average molecular weight is 262 g/mol. The van der Waals surface area contributed by atoms with Gasteiger partial charge in [0.2, 0.25) is 0 Å². The number of likely N-dealkylation sites (N-methyl/N-ethyl adjacent to an activating group) is 2. The van der Waals surface area contributed by atoms with Crippen LogP contribution >= 0.6 is 0 Å². The third kappa shape index (κ3) is 4.30. The first-order valence-corrected chi connectivity index (χ1v) is 7.27. The number of aliphatic hydroxyl groups is 1. The summed E-state index contributed by atoms with van der Waals surface area (Å²) in [5.74, 6) is 0. The summed E-state index contributed by atoms with van der Waals surface area (Å²) in [7, 11) is 4.28. The minimum Gasteiger partial charge on any atom is -0.391 e. The first-order chi connectivity index (χ1) is 9.16. The predicted octanol–water partition coefficient (Wildman–Crippen LogP) is 1.62. The van der Waals surface area contributed by atoms with Gasteiger partial charge >= 0.3 is 0 Å². The molecular formula is C16H26N2O. The number of hydrogen-bond donors (Lipinski definition) is 1. The number of rotatable bonds is 4. The van der Waals surface area contributed by atoms with E-state index >= 15 is 0 Å². The molecule has 2 rings (SSSR count). The fourth-order valence-corrected chi connectivity index (χ4v) is 2.87. The highest BCUT2D eigenvalue weighted by atomic mass is 16.3. The molecule has 1 heterocycles. The standard InChI is InChI=1S/C16H26N2O/c1-17-11-6-12-18(2)15(13-17)16(19)10-9-14-7-4-3-5-8-14/h3-5,7-8,15-16,19H,6,9-13H2,1-2H3. The molecule has 3 nitrogen and oxygen atoms in total. The van der Waals surface area contributed by atoms with Crippen molar-refractivity contribution in [1.29, 1.82) is 0 Å². The van der Waals surface area contributed by atoms with Crippen LogP contribution in [0.3, 0.4) is 0 Å². The molecule has 1 aromatic rings. The van der Waals surface area contributed by atoms with E-state index in [0.29, 0.717) is 0 Å². The molecule has 3 heteroatoms. The molecule has 1 fully saturated rings. The van der Waals surface area contributed by atoms with Crippen molar-refractivity contribution in [2.45, 2.75) is 31.4 Å². The van der Waals surface area contributed by atoms with Gasteiger partial charge in [0.25, 0.3) is 0 Å². The van der Waals surface area contributed by atoms with Gasteiger partial charge in [0.15, 0.2) is 0 Å². The Labute approximate surface area is 116 Å². The number of aliphatic hydroxyl groups excluding tert-OH is 1. The van der Waals surface area contributed by atoms with Gasteiger partial charge < -0.3 is 10.0 Å². The van der Waals surface area contributed by atoms with E-state index in [1.54, 1.807) is 0 Å². The summed E-state index contributed by atoms with van der Waals surface area (Å²) in [6.45, 7) is 3.18. The van der Waals surface area contributed by atoms with Gasteiger partial charge in [-0.1, -0.05) is 30.3 Å². The van der Waals surface area contributed by atoms with E-state index in [1.165, 1.54) is 12.0 Å². The maximum atomic E-state index is 10.5. The van der Waals surface area contributed by atoms with Crippen LogP contribution in [0, 0.1) is 0 Å². The van der Waals surface area contributed by atoms with E-state index in [9.17, 15) is 5.11 Å². The van der Waals surface area contributed by atoms with E-state index in [0.717, 1.165) is 32.5 Å². The Morgan fingerprint density at radius 1 is 1.21 bits per heavy atom. The zero-order valence-electron chi connectivity index (χ0n) is 12.1. The Morgan fingerprint density at radius 2 is 1.95 bits per heavy atom. The summed E-state index contributed by atoms with van der Waals surface area (Å²) >= 11 is 0. The molecule has 0 amide bonds. The first kappa shape index (κ1) is 14.5. The zero-order chi connectivity index (χ0) is 13.7. The van der Waals surface area contributed by atoms with E-state index in [2.05, 4.69) is 48.2 Å². The molecule has 0 bridgehead atoms. The maximum absolute atomic E-state index is 10.5. The highest BCUT2D eigenvalue weighted by molar-refractivity contribution is 5.14. The molecule has 0 aromatic heterocycles. The maximum Gasteiger partial charge on any atom is 0.0710 e. The molecule has 1 aliphatic heterocycles. The van der Waals surface area contributed by atoms with Crippen LogP contribution in [0.4, 0.5) is 0 Å². The van der Waals surface area contributed by atoms with Gasteiger partial charge in [-0.25, -0.2) is 0 Å². The largest absolute Gasteiger partial charge is 0.391 e. The summed E-state index contributed by atoms with van der Waals surface area (Å²) in [5.41, 5.74) is 1.31. The number of nitrogens with zero attached hydrogens (tertiary/aromatic N) is 2. The minimum atomic E-state index is -0.245. The molecule has 1 aliphatic rings. The number of benzene rings is 1. The van der Waals surface area contributed by atoms with Crippen molar-refractivity contribution in [3.05, 3.63) is 35.9 Å². The lowest BCUT2D eigenvalue weighted by Crippen LogP contribution is -2.46. The zero-order valence-corrected chi connectivity index (χ0v) is 12.1. The van der Waals surface area contributed by atoms with Crippen molar-refractivity contribution in [2.75, 3.05) is 33.7 Å². The van der Waals surface area contributed by atoms with Gasteiger partial charge in [0.1, 0.15) is 0 Å². The SMILES string of the molecule is CN1CCCN(C)C(C(O)CCc2ccccc2)C1. The van der Waals surface area contributed by atoms with E-state index < -0.39 is 0 Å². The summed E-state index contributed by atoms with van der Waals surface area (Å²) in [6, 6.07) is 10.7. The minimum absolute atomic E-state index is 0.245. The first-order valence-electron chi connectivity index (χ1n) is 7.27. The van der Waals surface area contributed by atoms with Crippen LogP contribution in [0.15, 0.2) is 30.3 Å². The van der Waals surface area contributed by atoms with Gasteiger partial charge in [-0.2, -0.15) is 0 Å². The second-order valence-electron chi connectivity index (χ2n) is 5.76. The highest BCUT2D eigenvalue weighted by Gasteiger charge is 2.26. The highest BCUT2D eigenvalue weighted by Crippen LogP contribution is 2.15. The molecule has 0 spiro atoms. The lowest BCUT2D eigenvalue weighted by molar-refractivity contribution is 0.0522. The van der Waals surface area contributed by atoms with Gasteiger partial charge in [-0.05, 0) is 52.0 Å².